The van der Waals surface area contributed by atoms with Gasteiger partial charge in [0, 0.05) is 19.5 Å². The number of benzene rings is 2. The van der Waals surface area contributed by atoms with Gasteiger partial charge in [-0.15, -0.1) is 0 Å². The number of aromatic nitrogens is 2. The van der Waals surface area contributed by atoms with Gasteiger partial charge in [0.15, 0.2) is 0 Å². The molecule has 2 aromatic carbocycles. The monoisotopic (exact) mass is 419 g/mol. The van der Waals surface area contributed by atoms with E-state index in [1.54, 1.807) is 12.2 Å². The Morgan fingerprint density at radius 1 is 1.00 bits per heavy atom. The Morgan fingerprint density at radius 2 is 1.81 bits per heavy atom. The van der Waals surface area contributed by atoms with Crippen LogP contribution >= 0.6 is 0 Å². The smallest absolute Gasteiger partial charge is 0.243 e. The van der Waals surface area contributed by atoms with Gasteiger partial charge in [-0.3, -0.25) is 4.79 Å². The Balaban J connectivity index is 1.46. The topological polar surface area (TPSA) is 56.2 Å². The van der Waals surface area contributed by atoms with Crippen molar-refractivity contribution in [2.75, 3.05) is 13.2 Å². The first-order chi connectivity index (χ1) is 15.3. The summed E-state index contributed by atoms with van der Waals surface area (Å²) in [5.41, 5.74) is 2.27. The fourth-order valence-electron chi connectivity index (χ4n) is 3.65. The molecule has 1 amide bonds. The van der Waals surface area contributed by atoms with Gasteiger partial charge in [-0.1, -0.05) is 42.8 Å². The van der Waals surface area contributed by atoms with Crippen LogP contribution < -0.4 is 10.1 Å². The molecule has 5 nitrogen and oxygen atoms in total. The molecule has 0 bridgehead atoms. The SMILES string of the molecule is C/C=C/C(=O)NCCCCCc1nc2ccccc2n1CCCCOc1ccccc1. The third kappa shape index (κ3) is 7.28. The maximum absolute atomic E-state index is 11.4. The first-order valence-corrected chi connectivity index (χ1v) is 11.3. The Morgan fingerprint density at radius 3 is 2.65 bits per heavy atom. The van der Waals surface area contributed by atoms with Crippen LogP contribution in [0.15, 0.2) is 66.7 Å². The van der Waals surface area contributed by atoms with E-state index in [0.29, 0.717) is 0 Å². The van der Waals surface area contributed by atoms with Crippen molar-refractivity contribution in [1.82, 2.24) is 14.9 Å². The highest BCUT2D eigenvalue weighted by atomic mass is 16.5. The molecule has 1 N–H and O–H groups in total. The number of carbonyl (C=O) groups is 1. The van der Waals surface area contributed by atoms with Gasteiger partial charge in [-0.05, 0) is 62.9 Å². The van der Waals surface area contributed by atoms with E-state index in [1.807, 2.05) is 43.3 Å². The lowest BCUT2D eigenvalue weighted by molar-refractivity contribution is -0.116. The van der Waals surface area contributed by atoms with Crippen molar-refractivity contribution in [3.05, 3.63) is 72.6 Å². The number of nitrogens with one attached hydrogen (secondary N) is 1. The molecular weight excluding hydrogens is 386 g/mol. The van der Waals surface area contributed by atoms with Crippen LogP contribution in [0.3, 0.4) is 0 Å². The fourth-order valence-corrected chi connectivity index (χ4v) is 3.65. The van der Waals surface area contributed by atoms with E-state index < -0.39 is 0 Å². The second-order valence-electron chi connectivity index (χ2n) is 7.64. The number of unbranched alkanes of at least 4 members (excludes halogenated alkanes) is 3. The fraction of sp³-hybridized carbons (Fsp3) is 0.385. The minimum Gasteiger partial charge on any atom is -0.494 e. The lowest BCUT2D eigenvalue weighted by atomic mass is 10.2. The summed E-state index contributed by atoms with van der Waals surface area (Å²) >= 11 is 0. The molecule has 3 aromatic rings. The lowest BCUT2D eigenvalue weighted by Gasteiger charge is -2.10. The number of amides is 1. The Bertz CT molecular complexity index is 963. The highest BCUT2D eigenvalue weighted by Crippen LogP contribution is 2.19. The van der Waals surface area contributed by atoms with Crippen molar-refractivity contribution in [2.45, 2.75) is 52.0 Å². The average Bonchev–Trinajstić information content (AvgIpc) is 3.14. The van der Waals surface area contributed by atoms with Crippen LogP contribution in [0.4, 0.5) is 0 Å². The second-order valence-corrected chi connectivity index (χ2v) is 7.64. The highest BCUT2D eigenvalue weighted by Gasteiger charge is 2.10. The zero-order chi connectivity index (χ0) is 21.7. The molecule has 1 heterocycles. The highest BCUT2D eigenvalue weighted by molar-refractivity contribution is 5.87. The van der Waals surface area contributed by atoms with Crippen molar-refractivity contribution < 1.29 is 9.53 Å². The molecule has 0 aliphatic heterocycles. The number of imidazole rings is 1. The summed E-state index contributed by atoms with van der Waals surface area (Å²) in [5.74, 6) is 2.07. The van der Waals surface area contributed by atoms with E-state index in [2.05, 4.69) is 28.1 Å². The van der Waals surface area contributed by atoms with Crippen molar-refractivity contribution in [3.63, 3.8) is 0 Å². The number of para-hydroxylation sites is 3. The normalized spacial score (nSPS) is 11.3. The maximum Gasteiger partial charge on any atom is 0.243 e. The predicted octanol–water partition coefficient (Wildman–Crippen LogP) is 5.30. The van der Waals surface area contributed by atoms with Crippen molar-refractivity contribution in [1.29, 1.82) is 0 Å². The number of hydrogen-bond acceptors (Lipinski definition) is 3. The summed E-state index contributed by atoms with van der Waals surface area (Å²) in [6, 6.07) is 18.3. The van der Waals surface area contributed by atoms with Crippen LogP contribution in [0.2, 0.25) is 0 Å². The van der Waals surface area contributed by atoms with Crippen LogP contribution in [0.5, 0.6) is 5.75 Å². The Hall–Kier alpha value is -3.08. The third-order valence-electron chi connectivity index (χ3n) is 5.22. The average molecular weight is 420 g/mol. The zero-order valence-corrected chi connectivity index (χ0v) is 18.4. The quantitative estimate of drug-likeness (QED) is 0.302. The van der Waals surface area contributed by atoms with E-state index in [4.69, 9.17) is 9.72 Å². The summed E-state index contributed by atoms with van der Waals surface area (Å²) < 4.78 is 8.19. The number of nitrogens with zero attached hydrogens (tertiary/aromatic N) is 2. The van der Waals surface area contributed by atoms with Crippen LogP contribution in [-0.2, 0) is 17.8 Å². The molecule has 0 spiro atoms. The summed E-state index contributed by atoms with van der Waals surface area (Å²) in [7, 11) is 0. The molecule has 5 heteroatoms. The van der Waals surface area contributed by atoms with E-state index in [1.165, 1.54) is 5.52 Å². The molecule has 1 aromatic heterocycles. The van der Waals surface area contributed by atoms with E-state index >= 15 is 0 Å². The van der Waals surface area contributed by atoms with Gasteiger partial charge in [-0.2, -0.15) is 0 Å². The number of aryl methyl sites for hydroxylation is 2. The van der Waals surface area contributed by atoms with Gasteiger partial charge >= 0.3 is 0 Å². The van der Waals surface area contributed by atoms with E-state index in [0.717, 1.165) is 75.3 Å². The van der Waals surface area contributed by atoms with Gasteiger partial charge < -0.3 is 14.6 Å². The molecule has 0 saturated heterocycles. The minimum atomic E-state index is -0.0134. The van der Waals surface area contributed by atoms with Crippen molar-refractivity contribution in [3.8, 4) is 5.75 Å². The van der Waals surface area contributed by atoms with E-state index in [-0.39, 0.29) is 5.91 Å². The summed E-state index contributed by atoms with van der Waals surface area (Å²) in [6.45, 7) is 4.25. The zero-order valence-electron chi connectivity index (χ0n) is 18.4. The molecule has 3 rings (SSSR count). The number of ether oxygens (including phenoxy) is 1. The van der Waals surface area contributed by atoms with Crippen LogP contribution in [0.25, 0.3) is 11.0 Å². The lowest BCUT2D eigenvalue weighted by Crippen LogP contribution is -2.21. The Kier molecular flexibility index (Phi) is 9.17. The van der Waals surface area contributed by atoms with Gasteiger partial charge in [0.25, 0.3) is 0 Å². The van der Waals surface area contributed by atoms with Gasteiger partial charge in [0.2, 0.25) is 5.91 Å². The minimum absolute atomic E-state index is 0.0134. The van der Waals surface area contributed by atoms with Gasteiger partial charge in [-0.25, -0.2) is 4.98 Å². The molecule has 0 atom stereocenters. The third-order valence-corrected chi connectivity index (χ3v) is 5.22. The van der Waals surface area contributed by atoms with E-state index in [9.17, 15) is 4.79 Å². The van der Waals surface area contributed by atoms with Crippen molar-refractivity contribution >= 4 is 16.9 Å². The van der Waals surface area contributed by atoms with Crippen LogP contribution in [-0.4, -0.2) is 28.6 Å². The molecule has 0 fully saturated rings. The number of rotatable bonds is 13. The molecule has 31 heavy (non-hydrogen) atoms. The van der Waals surface area contributed by atoms with Gasteiger partial charge in [0.05, 0.1) is 17.6 Å². The summed E-state index contributed by atoms with van der Waals surface area (Å²) in [4.78, 5) is 16.3. The molecular formula is C26H33N3O2. The predicted molar refractivity (Wildman–Crippen MR) is 126 cm³/mol. The molecule has 0 aliphatic carbocycles. The number of allylic oxidation sites excluding steroid dienone is 1. The maximum atomic E-state index is 11.4. The summed E-state index contributed by atoms with van der Waals surface area (Å²) in [5, 5.41) is 2.91. The number of carbonyl (C=O) groups excluding carboxylic acids is 1. The van der Waals surface area contributed by atoms with Gasteiger partial charge in [0.1, 0.15) is 11.6 Å². The van der Waals surface area contributed by atoms with Crippen molar-refractivity contribution in [2.24, 2.45) is 0 Å². The first-order valence-electron chi connectivity index (χ1n) is 11.3. The Labute approximate surface area is 185 Å². The molecule has 0 unspecified atom stereocenters. The second kappa shape index (κ2) is 12.6. The number of fused-ring (bicyclic) bond motifs is 1. The number of hydrogen-bond donors (Lipinski definition) is 1. The summed E-state index contributed by atoms with van der Waals surface area (Å²) in [6.07, 6.45) is 9.47. The first kappa shape index (κ1) is 22.6. The van der Waals surface area contributed by atoms with Crippen LogP contribution in [0, 0.1) is 0 Å². The van der Waals surface area contributed by atoms with Crippen LogP contribution in [0.1, 0.15) is 44.9 Å². The molecule has 0 radical (unpaired) electrons. The largest absolute Gasteiger partial charge is 0.494 e. The molecule has 0 saturated carbocycles. The standard InChI is InChI=1S/C26H33N3O2/c1-2-13-26(30)27-19-10-4-7-18-25-28-23-16-8-9-17-24(23)29(25)20-11-12-21-31-22-14-5-3-6-15-22/h2-3,5-6,8-9,13-17H,4,7,10-12,18-21H2,1H3,(H,27,30)/b13-2+. The molecule has 164 valence electrons. The molecule has 0 aliphatic rings.